The lowest BCUT2D eigenvalue weighted by molar-refractivity contribution is -0.114. The van der Waals surface area contributed by atoms with E-state index in [1.807, 2.05) is 43.3 Å². The lowest BCUT2D eigenvalue weighted by Crippen LogP contribution is -2.62. The van der Waals surface area contributed by atoms with Gasteiger partial charge in [-0.05, 0) is 38.3 Å². The molecule has 1 amide bonds. The molecule has 0 spiro atoms. The number of carbonyl (C=O) groups is 1. The third kappa shape index (κ3) is 3.06. The average molecular weight is 392 g/mol. The molecule has 1 saturated heterocycles. The minimum absolute atomic E-state index is 0.0298. The first kappa shape index (κ1) is 18.1. The second-order valence-corrected chi connectivity index (χ2v) is 8.38. The van der Waals surface area contributed by atoms with Gasteiger partial charge < -0.3 is 19.4 Å². The number of methoxy groups -OCH3 is 1. The van der Waals surface area contributed by atoms with Crippen LogP contribution in [-0.2, 0) is 10.3 Å². The molecule has 0 unspecified atom stereocenters. The molecule has 0 bridgehead atoms. The van der Waals surface area contributed by atoms with E-state index < -0.39 is 5.60 Å². The van der Waals surface area contributed by atoms with E-state index >= 15 is 0 Å². The molecular formula is C22H24N4O3. The highest BCUT2D eigenvalue weighted by Gasteiger charge is 2.48. The van der Waals surface area contributed by atoms with Gasteiger partial charge in [-0.1, -0.05) is 30.3 Å². The van der Waals surface area contributed by atoms with Gasteiger partial charge in [-0.15, -0.1) is 0 Å². The van der Waals surface area contributed by atoms with Crippen LogP contribution in [0.1, 0.15) is 41.7 Å². The number of rotatable bonds is 5. The van der Waals surface area contributed by atoms with E-state index in [0.717, 1.165) is 29.6 Å². The summed E-state index contributed by atoms with van der Waals surface area (Å²) in [5.41, 5.74) is 1.05. The summed E-state index contributed by atoms with van der Waals surface area (Å²) in [6.07, 6.45) is 2.16. The fourth-order valence-electron chi connectivity index (χ4n) is 3.86. The predicted molar refractivity (Wildman–Crippen MR) is 109 cm³/mol. The zero-order valence-corrected chi connectivity index (χ0v) is 16.9. The highest BCUT2D eigenvalue weighted by atomic mass is 16.5. The first-order valence-electron chi connectivity index (χ1n) is 9.88. The monoisotopic (exact) mass is 392 g/mol. The lowest BCUT2D eigenvalue weighted by Gasteiger charge is -2.49. The van der Waals surface area contributed by atoms with Crippen molar-refractivity contribution in [3.63, 3.8) is 0 Å². The number of nitrogens with one attached hydrogen (secondary N) is 1. The Morgan fingerprint density at radius 3 is 2.59 bits per heavy atom. The molecule has 7 nitrogen and oxygen atoms in total. The van der Waals surface area contributed by atoms with Crippen molar-refractivity contribution in [2.75, 3.05) is 25.5 Å². The predicted octanol–water partition coefficient (Wildman–Crippen LogP) is 3.49. The maximum absolute atomic E-state index is 13.1. The van der Waals surface area contributed by atoms with Crippen molar-refractivity contribution >= 4 is 22.8 Å². The molecule has 1 saturated carbocycles. The minimum Gasteiger partial charge on any atom is -0.443 e. The number of ether oxygens (including phenoxy) is 1. The van der Waals surface area contributed by atoms with Crippen molar-refractivity contribution in [3.8, 4) is 0 Å². The van der Waals surface area contributed by atoms with Crippen molar-refractivity contribution in [2.45, 2.75) is 37.8 Å². The van der Waals surface area contributed by atoms with E-state index in [-0.39, 0.29) is 17.3 Å². The largest absolute Gasteiger partial charge is 0.443 e. The molecule has 1 aliphatic heterocycles. The summed E-state index contributed by atoms with van der Waals surface area (Å²) in [4.78, 5) is 23.8. The molecule has 1 aliphatic carbocycles. The van der Waals surface area contributed by atoms with E-state index in [9.17, 15) is 4.79 Å². The number of benzene rings is 1. The zero-order chi connectivity index (χ0) is 20.2. The Morgan fingerprint density at radius 2 is 1.93 bits per heavy atom. The Hall–Kier alpha value is -2.93. The second kappa shape index (κ2) is 6.29. The summed E-state index contributed by atoms with van der Waals surface area (Å²) in [7, 11) is 1.68. The van der Waals surface area contributed by atoms with Crippen LogP contribution in [0.3, 0.4) is 0 Å². The molecule has 1 aromatic carbocycles. The van der Waals surface area contributed by atoms with Crippen LogP contribution >= 0.6 is 0 Å². The number of furan rings is 1. The smallest absolute Gasteiger partial charge is 0.292 e. The third-order valence-corrected chi connectivity index (χ3v) is 6.00. The van der Waals surface area contributed by atoms with Crippen LogP contribution < -0.4 is 5.32 Å². The van der Waals surface area contributed by atoms with Crippen LogP contribution in [0.2, 0.25) is 0 Å². The minimum atomic E-state index is -0.481. The number of aromatic nitrogens is 2. The van der Waals surface area contributed by atoms with E-state index in [2.05, 4.69) is 22.2 Å². The number of nitrogens with zero attached hydrogens (tertiary/aromatic N) is 3. The molecule has 3 heterocycles. The molecule has 3 aromatic rings. The van der Waals surface area contributed by atoms with E-state index in [4.69, 9.17) is 9.15 Å². The normalized spacial score (nSPS) is 19.1. The molecule has 1 N–H and O–H groups in total. The Kier molecular flexibility index (Phi) is 3.93. The summed E-state index contributed by atoms with van der Waals surface area (Å²) >= 11 is 0. The molecule has 150 valence electrons. The lowest BCUT2D eigenvalue weighted by atomic mass is 9.85. The molecular weight excluding hydrogens is 368 g/mol. The van der Waals surface area contributed by atoms with Crippen LogP contribution in [0.15, 0.2) is 40.8 Å². The molecule has 2 aromatic heterocycles. The Bertz CT molecular complexity index is 1080. The van der Waals surface area contributed by atoms with Gasteiger partial charge in [0.15, 0.2) is 0 Å². The van der Waals surface area contributed by atoms with Crippen LogP contribution in [0.5, 0.6) is 0 Å². The number of hydrogen-bond donors (Lipinski definition) is 1. The summed E-state index contributed by atoms with van der Waals surface area (Å²) in [5, 5.41) is 4.28. The van der Waals surface area contributed by atoms with Crippen molar-refractivity contribution in [1.29, 1.82) is 0 Å². The van der Waals surface area contributed by atoms with E-state index in [1.165, 1.54) is 0 Å². The Balaban J connectivity index is 1.43. The van der Waals surface area contributed by atoms with Gasteiger partial charge in [-0.3, -0.25) is 4.79 Å². The SMILES string of the molecule is COC1(c2ccccc2)CN(C(=O)c2nc(NC3(C)CC3)c3cc(C)oc3n2)C1. The van der Waals surface area contributed by atoms with Gasteiger partial charge in [0, 0.05) is 12.6 Å². The van der Waals surface area contributed by atoms with Crippen LogP contribution in [0, 0.1) is 6.92 Å². The fraction of sp³-hybridized carbons (Fsp3) is 0.409. The van der Waals surface area contributed by atoms with Crippen LogP contribution in [0.4, 0.5) is 5.82 Å². The number of likely N-dealkylation sites (tertiary alicyclic amines) is 1. The molecule has 5 rings (SSSR count). The zero-order valence-electron chi connectivity index (χ0n) is 16.9. The van der Waals surface area contributed by atoms with E-state index in [0.29, 0.717) is 24.6 Å². The fourth-order valence-corrected chi connectivity index (χ4v) is 3.86. The standard InChI is InChI=1S/C22H24N4O3/c1-14-11-16-17(25-21(2)9-10-21)23-18(24-19(16)29-14)20(27)26-12-22(13-26,28-3)15-7-5-4-6-8-15/h4-8,11H,9-10,12-13H2,1-3H3,(H,23,24,25). The average Bonchev–Trinajstić information content (AvgIpc) is 3.27. The van der Waals surface area contributed by atoms with Gasteiger partial charge in [0.1, 0.15) is 17.2 Å². The van der Waals surface area contributed by atoms with Crippen LogP contribution in [-0.4, -0.2) is 46.5 Å². The van der Waals surface area contributed by atoms with Gasteiger partial charge >= 0.3 is 0 Å². The quantitative estimate of drug-likeness (QED) is 0.716. The van der Waals surface area contributed by atoms with Crippen molar-refractivity contribution in [1.82, 2.24) is 14.9 Å². The van der Waals surface area contributed by atoms with Gasteiger partial charge in [0.25, 0.3) is 5.91 Å². The number of anilines is 1. The number of hydrogen-bond acceptors (Lipinski definition) is 6. The maximum atomic E-state index is 13.1. The number of fused-ring (bicyclic) bond motifs is 1. The van der Waals surface area contributed by atoms with Gasteiger partial charge in [-0.25, -0.2) is 4.98 Å². The molecule has 29 heavy (non-hydrogen) atoms. The Morgan fingerprint density at radius 1 is 1.21 bits per heavy atom. The molecule has 0 atom stereocenters. The highest BCUT2D eigenvalue weighted by Crippen LogP contribution is 2.40. The van der Waals surface area contributed by atoms with Crippen LogP contribution in [0.25, 0.3) is 11.1 Å². The molecule has 2 fully saturated rings. The second-order valence-electron chi connectivity index (χ2n) is 8.38. The van der Waals surface area contributed by atoms with Crippen molar-refractivity contribution < 1.29 is 13.9 Å². The van der Waals surface area contributed by atoms with Crippen molar-refractivity contribution in [3.05, 3.63) is 53.5 Å². The first-order chi connectivity index (χ1) is 13.9. The number of amides is 1. The Labute approximate surface area is 169 Å². The van der Waals surface area contributed by atoms with Gasteiger partial charge in [0.05, 0.1) is 18.5 Å². The summed E-state index contributed by atoms with van der Waals surface area (Å²) < 4.78 is 11.5. The molecule has 0 radical (unpaired) electrons. The summed E-state index contributed by atoms with van der Waals surface area (Å²) in [6.45, 7) is 4.95. The maximum Gasteiger partial charge on any atom is 0.292 e. The number of carbonyl (C=O) groups excluding carboxylic acids is 1. The topological polar surface area (TPSA) is 80.5 Å². The summed E-state index contributed by atoms with van der Waals surface area (Å²) in [6, 6.07) is 11.9. The summed E-state index contributed by atoms with van der Waals surface area (Å²) in [5.74, 6) is 1.34. The molecule has 2 aliphatic rings. The third-order valence-electron chi connectivity index (χ3n) is 6.00. The molecule has 7 heteroatoms. The van der Waals surface area contributed by atoms with Gasteiger partial charge in [0.2, 0.25) is 11.5 Å². The first-order valence-corrected chi connectivity index (χ1v) is 9.88. The van der Waals surface area contributed by atoms with Crippen molar-refractivity contribution in [2.24, 2.45) is 0 Å². The van der Waals surface area contributed by atoms with E-state index in [1.54, 1.807) is 12.0 Å². The van der Waals surface area contributed by atoms with Gasteiger partial charge in [-0.2, -0.15) is 4.98 Å². The number of aryl methyl sites for hydroxylation is 1. The highest BCUT2D eigenvalue weighted by molar-refractivity contribution is 5.96.